The Morgan fingerprint density at radius 2 is 1.27 bits per heavy atom. The van der Waals surface area contributed by atoms with Crippen molar-refractivity contribution in [3.8, 4) is 0 Å². The van der Waals surface area contributed by atoms with Gasteiger partial charge in [-0.3, -0.25) is 0 Å². The number of hydrogen-bond donors (Lipinski definition) is 2. The molecule has 0 saturated carbocycles. The first-order valence-corrected chi connectivity index (χ1v) is 16.5. The standard InChI is InChI=1S/C36H43N3O5S/c1-36(2,3)44-25-24-39(45(42,43)33-22-14-7-15-23-33)28-32(40)27-38(26-29-16-8-4-9-17-29)35(41)37-34(30-18-10-5-11-19-30)31-20-12-6-13-21-31/h4-23,32,34,40H,24-28H2,1-3H3,(H,37,41). The number of urea groups is 1. The maximum absolute atomic E-state index is 14.0. The smallest absolute Gasteiger partial charge is 0.318 e. The van der Waals surface area contributed by atoms with E-state index in [0.717, 1.165) is 16.7 Å². The number of nitrogens with zero attached hydrogens (tertiary/aromatic N) is 2. The van der Waals surface area contributed by atoms with E-state index < -0.39 is 27.8 Å². The molecule has 0 aliphatic carbocycles. The third kappa shape index (κ3) is 10.3. The maximum atomic E-state index is 14.0. The van der Waals surface area contributed by atoms with E-state index in [0.29, 0.717) is 0 Å². The highest BCUT2D eigenvalue weighted by molar-refractivity contribution is 7.89. The zero-order valence-electron chi connectivity index (χ0n) is 26.1. The third-order valence-electron chi connectivity index (χ3n) is 7.14. The molecule has 1 unspecified atom stereocenters. The molecule has 8 nitrogen and oxygen atoms in total. The predicted molar refractivity (Wildman–Crippen MR) is 177 cm³/mol. The van der Waals surface area contributed by atoms with E-state index in [4.69, 9.17) is 4.74 Å². The predicted octanol–water partition coefficient (Wildman–Crippen LogP) is 5.85. The number of benzene rings is 4. The molecule has 0 aliphatic rings. The number of ether oxygens (including phenoxy) is 1. The van der Waals surface area contributed by atoms with E-state index in [1.54, 1.807) is 18.2 Å². The van der Waals surface area contributed by atoms with Crippen LogP contribution >= 0.6 is 0 Å². The molecule has 4 aromatic rings. The molecule has 0 fully saturated rings. The van der Waals surface area contributed by atoms with Gasteiger partial charge in [0.25, 0.3) is 0 Å². The number of rotatable bonds is 14. The summed E-state index contributed by atoms with van der Waals surface area (Å²) in [5.41, 5.74) is 2.25. The van der Waals surface area contributed by atoms with Gasteiger partial charge in [0.05, 0.1) is 29.2 Å². The zero-order chi connectivity index (χ0) is 32.3. The number of aliphatic hydroxyl groups excluding tert-OH is 1. The molecule has 0 aromatic heterocycles. The molecule has 0 heterocycles. The highest BCUT2D eigenvalue weighted by atomic mass is 32.2. The van der Waals surface area contributed by atoms with Crippen molar-refractivity contribution >= 4 is 16.1 Å². The van der Waals surface area contributed by atoms with Gasteiger partial charge in [0.15, 0.2) is 0 Å². The molecule has 0 saturated heterocycles. The van der Waals surface area contributed by atoms with E-state index in [9.17, 15) is 18.3 Å². The van der Waals surface area contributed by atoms with Gasteiger partial charge in [-0.2, -0.15) is 4.31 Å². The molecule has 4 aromatic carbocycles. The Bertz CT molecular complexity index is 1530. The van der Waals surface area contributed by atoms with Gasteiger partial charge in [0, 0.05) is 26.2 Å². The third-order valence-corrected chi connectivity index (χ3v) is 9.02. The van der Waals surface area contributed by atoms with Crippen LogP contribution in [0.3, 0.4) is 0 Å². The van der Waals surface area contributed by atoms with Gasteiger partial charge in [-0.25, -0.2) is 13.2 Å². The van der Waals surface area contributed by atoms with Crippen LogP contribution in [0, 0.1) is 0 Å². The van der Waals surface area contributed by atoms with Crippen molar-refractivity contribution in [1.29, 1.82) is 0 Å². The minimum Gasteiger partial charge on any atom is -0.390 e. The van der Waals surface area contributed by atoms with Crippen LogP contribution in [0.1, 0.15) is 43.5 Å². The largest absolute Gasteiger partial charge is 0.390 e. The van der Waals surface area contributed by atoms with Crippen molar-refractivity contribution in [3.05, 3.63) is 138 Å². The molecule has 0 aliphatic heterocycles. The second-order valence-electron chi connectivity index (χ2n) is 11.9. The summed E-state index contributed by atoms with van der Waals surface area (Å²) in [6, 6.07) is 36.2. The minimum atomic E-state index is -3.95. The van der Waals surface area contributed by atoms with E-state index >= 15 is 0 Å². The van der Waals surface area contributed by atoms with Gasteiger partial charge in [-0.15, -0.1) is 0 Å². The number of amides is 2. The Morgan fingerprint density at radius 3 is 1.78 bits per heavy atom. The summed E-state index contributed by atoms with van der Waals surface area (Å²) >= 11 is 0. The van der Waals surface area contributed by atoms with Crippen molar-refractivity contribution in [2.75, 3.05) is 26.2 Å². The van der Waals surface area contributed by atoms with Gasteiger partial charge in [-0.05, 0) is 49.6 Å². The van der Waals surface area contributed by atoms with E-state index in [1.807, 2.05) is 112 Å². The van der Waals surface area contributed by atoms with Crippen molar-refractivity contribution in [2.45, 2.75) is 50.0 Å². The molecule has 2 N–H and O–H groups in total. The molecule has 4 rings (SSSR count). The lowest BCUT2D eigenvalue weighted by atomic mass is 9.99. The molecular weight excluding hydrogens is 586 g/mol. The second-order valence-corrected chi connectivity index (χ2v) is 13.8. The quantitative estimate of drug-likeness (QED) is 0.182. The average Bonchev–Trinajstić information content (AvgIpc) is 3.04. The lowest BCUT2D eigenvalue weighted by Crippen LogP contribution is -2.48. The summed E-state index contributed by atoms with van der Waals surface area (Å²) in [7, 11) is -3.95. The molecule has 0 radical (unpaired) electrons. The van der Waals surface area contributed by atoms with Crippen LogP contribution in [-0.4, -0.2) is 66.7 Å². The van der Waals surface area contributed by atoms with Crippen molar-refractivity contribution in [1.82, 2.24) is 14.5 Å². The average molecular weight is 630 g/mol. The van der Waals surface area contributed by atoms with Crippen molar-refractivity contribution in [2.24, 2.45) is 0 Å². The second kappa shape index (κ2) is 15.8. The normalized spacial score (nSPS) is 12.7. The van der Waals surface area contributed by atoms with Gasteiger partial charge in [-0.1, -0.05) is 109 Å². The molecular formula is C36H43N3O5S. The zero-order valence-corrected chi connectivity index (χ0v) is 26.9. The van der Waals surface area contributed by atoms with Gasteiger partial charge >= 0.3 is 6.03 Å². The highest BCUT2D eigenvalue weighted by Gasteiger charge is 2.29. The Kier molecular flexibility index (Phi) is 11.9. The molecule has 2 amide bonds. The molecule has 45 heavy (non-hydrogen) atoms. The Hall–Kier alpha value is -4.02. The van der Waals surface area contributed by atoms with Crippen LogP contribution in [0.5, 0.6) is 0 Å². The first-order chi connectivity index (χ1) is 21.5. The Morgan fingerprint density at radius 1 is 0.778 bits per heavy atom. The lowest BCUT2D eigenvalue weighted by Gasteiger charge is -2.31. The molecule has 0 spiro atoms. The summed E-state index contributed by atoms with van der Waals surface area (Å²) in [6.07, 6.45) is -1.18. The number of hydrogen-bond acceptors (Lipinski definition) is 5. The van der Waals surface area contributed by atoms with Gasteiger partial charge in [0.1, 0.15) is 0 Å². The summed E-state index contributed by atoms with van der Waals surface area (Å²) in [5, 5.41) is 14.5. The van der Waals surface area contributed by atoms with Crippen LogP contribution in [0.15, 0.2) is 126 Å². The molecule has 0 bridgehead atoms. The molecule has 238 valence electrons. The number of nitrogens with one attached hydrogen (secondary N) is 1. The topological polar surface area (TPSA) is 99.2 Å². The summed E-state index contributed by atoms with van der Waals surface area (Å²) in [4.78, 5) is 15.6. The number of carbonyl (C=O) groups excluding carboxylic acids is 1. The number of aliphatic hydroxyl groups is 1. The number of sulfonamides is 1. The van der Waals surface area contributed by atoms with Gasteiger partial charge < -0.3 is 20.1 Å². The van der Waals surface area contributed by atoms with Crippen LogP contribution < -0.4 is 5.32 Å². The summed E-state index contributed by atoms with van der Waals surface area (Å²) in [6.45, 7) is 5.79. The van der Waals surface area contributed by atoms with Crippen molar-refractivity contribution in [3.63, 3.8) is 0 Å². The Balaban J connectivity index is 1.58. The molecule has 1 atom stereocenters. The summed E-state index contributed by atoms with van der Waals surface area (Å²) in [5.74, 6) is 0. The van der Waals surface area contributed by atoms with Crippen LogP contribution in [0.2, 0.25) is 0 Å². The fraction of sp³-hybridized carbons (Fsp3) is 0.306. The van der Waals surface area contributed by atoms with Crippen LogP contribution in [-0.2, 0) is 21.3 Å². The van der Waals surface area contributed by atoms with E-state index in [1.165, 1.54) is 21.3 Å². The van der Waals surface area contributed by atoms with Crippen LogP contribution in [0.25, 0.3) is 0 Å². The molecule has 9 heteroatoms. The SMILES string of the molecule is CC(C)(C)OCCN(CC(O)CN(Cc1ccccc1)C(=O)NC(c1ccccc1)c1ccccc1)S(=O)(=O)c1ccccc1. The number of carbonyl (C=O) groups is 1. The fourth-order valence-electron chi connectivity index (χ4n) is 4.94. The van der Waals surface area contributed by atoms with E-state index in [-0.39, 0.29) is 43.7 Å². The maximum Gasteiger partial charge on any atom is 0.318 e. The first-order valence-electron chi connectivity index (χ1n) is 15.1. The fourth-order valence-corrected chi connectivity index (χ4v) is 6.42. The van der Waals surface area contributed by atoms with Crippen LogP contribution in [0.4, 0.5) is 4.79 Å². The van der Waals surface area contributed by atoms with Crippen molar-refractivity contribution < 1.29 is 23.1 Å². The lowest BCUT2D eigenvalue weighted by molar-refractivity contribution is -0.00926. The minimum absolute atomic E-state index is 0.0422. The highest BCUT2D eigenvalue weighted by Crippen LogP contribution is 2.23. The monoisotopic (exact) mass is 629 g/mol. The van der Waals surface area contributed by atoms with E-state index in [2.05, 4.69) is 5.32 Å². The first kappa shape index (κ1) is 33.9. The summed E-state index contributed by atoms with van der Waals surface area (Å²) < 4.78 is 34.4. The Labute approximate surface area is 267 Å². The van der Waals surface area contributed by atoms with Gasteiger partial charge in [0.2, 0.25) is 10.0 Å².